The van der Waals surface area contributed by atoms with Gasteiger partial charge >= 0.3 is 0 Å². The van der Waals surface area contributed by atoms with Gasteiger partial charge in [0.2, 0.25) is 10.0 Å². The van der Waals surface area contributed by atoms with Crippen molar-refractivity contribution in [2.75, 3.05) is 12.3 Å². The Morgan fingerprint density at radius 1 is 1.08 bits per heavy atom. The van der Waals surface area contributed by atoms with Crippen molar-refractivity contribution in [1.29, 1.82) is 0 Å². The number of nitrogens with one attached hydrogen (secondary N) is 1. The van der Waals surface area contributed by atoms with Gasteiger partial charge in [0.15, 0.2) is 5.78 Å². The molecular weight excluding hydrogens is 334 g/mol. The molecule has 0 heterocycles. The zero-order chi connectivity index (χ0) is 19.9. The van der Waals surface area contributed by atoms with E-state index in [1.54, 1.807) is 6.08 Å². The van der Waals surface area contributed by atoms with Crippen molar-refractivity contribution in [3.05, 3.63) is 48.0 Å². The second-order valence-corrected chi connectivity index (χ2v) is 7.62. The van der Waals surface area contributed by atoms with Crippen molar-refractivity contribution < 1.29 is 13.2 Å². The summed E-state index contributed by atoms with van der Waals surface area (Å²) in [6.07, 6.45) is 3.31. The van der Waals surface area contributed by atoms with Crippen molar-refractivity contribution in [3.8, 4) is 0 Å². The molecule has 5 heteroatoms. The number of carbonyl (C=O) groups excluding carboxylic acids is 1. The van der Waals surface area contributed by atoms with E-state index in [-0.39, 0.29) is 17.0 Å². The first-order chi connectivity index (χ1) is 11.7. The molecule has 0 amide bonds. The lowest BCUT2D eigenvalue weighted by molar-refractivity contribution is -0.112. The van der Waals surface area contributed by atoms with E-state index in [0.29, 0.717) is 13.0 Å². The van der Waals surface area contributed by atoms with E-state index in [0.717, 1.165) is 5.56 Å². The molecule has 0 spiro atoms. The Kier molecular flexibility index (Phi) is 14.2. The van der Waals surface area contributed by atoms with E-state index < -0.39 is 10.0 Å². The van der Waals surface area contributed by atoms with Gasteiger partial charge in [-0.05, 0) is 25.0 Å². The van der Waals surface area contributed by atoms with Crippen LogP contribution in [-0.4, -0.2) is 26.5 Å². The van der Waals surface area contributed by atoms with Gasteiger partial charge in [-0.1, -0.05) is 78.0 Å². The molecule has 0 atom stereocenters. The topological polar surface area (TPSA) is 63.2 Å². The molecule has 0 radical (unpaired) electrons. The summed E-state index contributed by atoms with van der Waals surface area (Å²) in [4.78, 5) is 10.7. The third-order valence-corrected chi connectivity index (χ3v) is 4.55. The van der Waals surface area contributed by atoms with E-state index in [1.807, 2.05) is 71.9 Å². The second kappa shape index (κ2) is 13.8. The molecule has 0 unspecified atom stereocenters. The molecule has 0 aromatic heterocycles. The molecule has 1 rings (SSSR count). The van der Waals surface area contributed by atoms with E-state index >= 15 is 0 Å². The smallest absolute Gasteiger partial charge is 0.211 e. The van der Waals surface area contributed by atoms with Crippen molar-refractivity contribution in [1.82, 2.24) is 4.72 Å². The molecule has 0 aliphatic rings. The highest BCUT2D eigenvalue weighted by Gasteiger charge is 2.22. The number of benzene rings is 1. The fourth-order valence-corrected chi connectivity index (χ4v) is 3.00. The molecule has 1 aromatic carbocycles. The quantitative estimate of drug-likeness (QED) is 0.688. The molecule has 25 heavy (non-hydrogen) atoms. The number of ketones is 1. The number of hydrogen-bond donors (Lipinski definition) is 1. The molecule has 0 aliphatic heterocycles. The van der Waals surface area contributed by atoms with Gasteiger partial charge in [0.1, 0.15) is 0 Å². The van der Waals surface area contributed by atoms with Crippen LogP contribution in [0.3, 0.4) is 0 Å². The standard InChI is InChI=1S/C16H23NO3S.2C2H6/c1-14(18)9-7-8-12-21(19,20)17-13-16(2,3)15-10-5-4-6-11-15;2*1-2/h4-7,9-11,17H,8,12-13H2,1-3H3;2*1-2H3/b9-7+;;. The minimum absolute atomic E-state index is 0.0123. The van der Waals surface area contributed by atoms with Crippen LogP contribution in [-0.2, 0) is 20.2 Å². The van der Waals surface area contributed by atoms with Crippen LogP contribution in [0.2, 0.25) is 0 Å². The van der Waals surface area contributed by atoms with Gasteiger partial charge in [0, 0.05) is 12.0 Å². The van der Waals surface area contributed by atoms with E-state index in [9.17, 15) is 13.2 Å². The number of allylic oxidation sites excluding steroid dienone is 2. The normalized spacial score (nSPS) is 11.2. The van der Waals surface area contributed by atoms with Gasteiger partial charge in [-0.3, -0.25) is 4.79 Å². The van der Waals surface area contributed by atoms with Gasteiger partial charge in [0.25, 0.3) is 0 Å². The summed E-state index contributed by atoms with van der Waals surface area (Å²) in [5, 5.41) is 0. The van der Waals surface area contributed by atoms with E-state index in [2.05, 4.69) is 4.72 Å². The summed E-state index contributed by atoms with van der Waals surface area (Å²) in [6, 6.07) is 9.80. The summed E-state index contributed by atoms with van der Waals surface area (Å²) in [5.41, 5.74) is 0.813. The third kappa shape index (κ3) is 12.5. The SMILES string of the molecule is CC.CC.CC(=O)/C=C/CCS(=O)(=O)NCC(C)(C)c1ccccc1. The van der Waals surface area contributed by atoms with Crippen LogP contribution >= 0.6 is 0 Å². The maximum atomic E-state index is 11.9. The molecule has 1 N–H and O–H groups in total. The molecule has 0 bridgehead atoms. The summed E-state index contributed by atoms with van der Waals surface area (Å²) >= 11 is 0. The van der Waals surface area contributed by atoms with Gasteiger partial charge in [0.05, 0.1) is 5.75 Å². The summed E-state index contributed by atoms with van der Waals surface area (Å²) in [6.45, 7) is 13.8. The Hall–Kier alpha value is -1.46. The van der Waals surface area contributed by atoms with E-state index in [1.165, 1.54) is 13.0 Å². The molecule has 4 nitrogen and oxygen atoms in total. The minimum Gasteiger partial charge on any atom is -0.295 e. The Labute approximate surface area is 154 Å². The Bertz CT molecular complexity index is 591. The van der Waals surface area contributed by atoms with Gasteiger partial charge in [-0.25, -0.2) is 13.1 Å². The lowest BCUT2D eigenvalue weighted by Crippen LogP contribution is -2.37. The monoisotopic (exact) mass is 369 g/mol. The predicted molar refractivity (Wildman–Crippen MR) is 108 cm³/mol. The van der Waals surface area contributed by atoms with Gasteiger partial charge in [-0.15, -0.1) is 0 Å². The average molecular weight is 370 g/mol. The molecule has 0 saturated carbocycles. The molecular formula is C20H35NO3S. The fraction of sp³-hybridized carbons (Fsp3) is 0.550. The summed E-state index contributed by atoms with van der Waals surface area (Å²) < 4.78 is 26.5. The largest absolute Gasteiger partial charge is 0.295 e. The molecule has 144 valence electrons. The van der Waals surface area contributed by atoms with Crippen molar-refractivity contribution in [2.45, 2.75) is 60.3 Å². The Morgan fingerprint density at radius 2 is 1.60 bits per heavy atom. The maximum Gasteiger partial charge on any atom is 0.211 e. The van der Waals surface area contributed by atoms with Crippen LogP contribution in [0, 0.1) is 0 Å². The summed E-state index contributed by atoms with van der Waals surface area (Å²) in [5.74, 6) is -0.0904. The lowest BCUT2D eigenvalue weighted by atomic mass is 9.85. The zero-order valence-corrected chi connectivity index (χ0v) is 17.6. The zero-order valence-electron chi connectivity index (χ0n) is 16.8. The Balaban J connectivity index is 0. The first-order valence-corrected chi connectivity index (χ1v) is 10.6. The third-order valence-electron chi connectivity index (χ3n) is 3.20. The molecule has 0 saturated heterocycles. The second-order valence-electron chi connectivity index (χ2n) is 5.69. The first-order valence-electron chi connectivity index (χ1n) is 8.93. The van der Waals surface area contributed by atoms with Gasteiger partial charge in [-0.2, -0.15) is 0 Å². The number of rotatable bonds is 8. The van der Waals surface area contributed by atoms with Crippen molar-refractivity contribution >= 4 is 15.8 Å². The Morgan fingerprint density at radius 3 is 2.08 bits per heavy atom. The van der Waals surface area contributed by atoms with Crippen LogP contribution < -0.4 is 4.72 Å². The van der Waals surface area contributed by atoms with Crippen molar-refractivity contribution in [2.24, 2.45) is 0 Å². The molecule has 0 aliphatic carbocycles. The maximum absolute atomic E-state index is 11.9. The van der Waals surface area contributed by atoms with E-state index in [4.69, 9.17) is 0 Å². The molecule has 1 aromatic rings. The number of sulfonamides is 1. The predicted octanol–water partition coefficient (Wildman–Crippen LogP) is 4.47. The highest BCUT2D eigenvalue weighted by atomic mass is 32.2. The lowest BCUT2D eigenvalue weighted by Gasteiger charge is -2.25. The van der Waals surface area contributed by atoms with Crippen LogP contribution in [0.5, 0.6) is 0 Å². The van der Waals surface area contributed by atoms with Crippen molar-refractivity contribution in [3.63, 3.8) is 0 Å². The number of hydrogen-bond acceptors (Lipinski definition) is 3. The van der Waals surface area contributed by atoms with Gasteiger partial charge < -0.3 is 0 Å². The highest BCUT2D eigenvalue weighted by molar-refractivity contribution is 7.89. The average Bonchev–Trinajstić information content (AvgIpc) is 2.61. The number of carbonyl (C=O) groups is 1. The summed E-state index contributed by atoms with van der Waals surface area (Å²) in [7, 11) is -3.33. The first kappa shape index (κ1) is 25.8. The van der Waals surface area contributed by atoms with Crippen LogP contribution in [0.25, 0.3) is 0 Å². The minimum atomic E-state index is -3.33. The van der Waals surface area contributed by atoms with Crippen LogP contribution in [0.15, 0.2) is 42.5 Å². The van der Waals surface area contributed by atoms with Crippen LogP contribution in [0.1, 0.15) is 60.5 Å². The highest BCUT2D eigenvalue weighted by Crippen LogP contribution is 2.21. The van der Waals surface area contributed by atoms with Crippen LogP contribution in [0.4, 0.5) is 0 Å². The molecule has 0 fully saturated rings. The fourth-order valence-electron chi connectivity index (χ4n) is 1.83.